The van der Waals surface area contributed by atoms with E-state index in [1.165, 1.54) is 30.8 Å². The fourth-order valence-corrected chi connectivity index (χ4v) is 5.32. The molecule has 1 N–H and O–H groups in total. The van der Waals surface area contributed by atoms with Crippen LogP contribution in [-0.4, -0.2) is 30.8 Å². The minimum Gasteiger partial charge on any atom is -0.495 e. The molecule has 4 rings (SSSR count). The Morgan fingerprint density at radius 2 is 1.82 bits per heavy atom. The number of rotatable bonds is 5. The van der Waals surface area contributed by atoms with Crippen LogP contribution < -0.4 is 9.46 Å². The number of hydrogen-bond acceptors (Lipinski definition) is 7. The largest absolute Gasteiger partial charge is 0.495 e. The van der Waals surface area contributed by atoms with Gasteiger partial charge in [-0.1, -0.05) is 39.0 Å². The summed E-state index contributed by atoms with van der Waals surface area (Å²) in [5.74, 6) is -0.660. The Kier molecular flexibility index (Phi) is 6.18. The van der Waals surface area contributed by atoms with Crippen LogP contribution in [-0.2, 0) is 15.4 Å². The molecule has 0 spiro atoms. The molecule has 0 aliphatic carbocycles. The normalized spacial score (nSPS) is 12.0. The van der Waals surface area contributed by atoms with Gasteiger partial charge in [0.25, 0.3) is 15.9 Å². The molecule has 2 aromatic heterocycles. The number of hydrogen-bond donors (Lipinski definition) is 1. The van der Waals surface area contributed by atoms with Crippen molar-refractivity contribution in [1.29, 1.82) is 0 Å². The van der Waals surface area contributed by atoms with Crippen molar-refractivity contribution in [1.82, 2.24) is 14.1 Å². The van der Waals surface area contributed by atoms with Crippen molar-refractivity contribution in [2.75, 3.05) is 7.11 Å². The average Bonchev–Trinajstić information content (AvgIpc) is 3.32. The van der Waals surface area contributed by atoms with Crippen molar-refractivity contribution in [3.05, 3.63) is 70.7 Å². The Morgan fingerprint density at radius 3 is 2.47 bits per heavy atom. The highest BCUT2D eigenvalue weighted by Crippen LogP contribution is 2.32. The van der Waals surface area contributed by atoms with E-state index in [4.69, 9.17) is 4.74 Å². The van der Waals surface area contributed by atoms with Crippen LogP contribution in [0.4, 0.5) is 0 Å². The Labute approximate surface area is 203 Å². The minimum atomic E-state index is -4.21. The molecule has 1 amide bonds. The summed E-state index contributed by atoms with van der Waals surface area (Å²) >= 11 is 1.35. The maximum Gasteiger partial charge on any atom is 0.283 e. The quantitative estimate of drug-likeness (QED) is 0.414. The van der Waals surface area contributed by atoms with Gasteiger partial charge in [-0.05, 0) is 65.3 Å². The van der Waals surface area contributed by atoms with Crippen molar-refractivity contribution < 1.29 is 17.9 Å². The summed E-state index contributed by atoms with van der Waals surface area (Å²) in [4.78, 5) is 17.4. The molecule has 0 aliphatic heterocycles. The highest BCUT2D eigenvalue weighted by molar-refractivity contribution is 7.90. The molecule has 0 saturated carbocycles. The molecule has 9 heteroatoms. The number of methoxy groups -OCH3 is 1. The fraction of sp³-hybridized carbons (Fsp3) is 0.240. The van der Waals surface area contributed by atoms with Crippen LogP contribution in [0.5, 0.6) is 5.75 Å². The summed E-state index contributed by atoms with van der Waals surface area (Å²) in [5.41, 5.74) is 3.72. The van der Waals surface area contributed by atoms with Crippen molar-refractivity contribution in [3.63, 3.8) is 0 Å². The number of carbonyl (C=O) groups is 1. The second-order valence-electron chi connectivity index (χ2n) is 8.96. The number of nitrogens with one attached hydrogen (secondary N) is 1. The third-order valence-corrected chi connectivity index (χ3v) is 7.46. The van der Waals surface area contributed by atoms with E-state index in [1.54, 1.807) is 12.1 Å². The summed E-state index contributed by atoms with van der Waals surface area (Å²) in [5, 5.41) is 2.73. The number of benzene rings is 2. The highest BCUT2D eigenvalue weighted by Gasteiger charge is 2.26. The maximum absolute atomic E-state index is 13.2. The van der Waals surface area contributed by atoms with E-state index in [9.17, 15) is 13.2 Å². The van der Waals surface area contributed by atoms with E-state index in [1.807, 2.05) is 57.3 Å². The molecular formula is C25H25N3O4S2. The highest BCUT2D eigenvalue weighted by atomic mass is 32.2. The number of ether oxygens (including phenoxy) is 1. The number of carbonyl (C=O) groups excluding carboxylic acids is 1. The van der Waals surface area contributed by atoms with Gasteiger partial charge in [-0.15, -0.1) is 0 Å². The molecule has 0 atom stereocenters. The SMILES string of the molecule is COc1ccc(C(C)(C)C)cc1S(=O)(=O)NC(=O)c1ccc2c(-c3ccsn3)ccc(C)c2n1. The number of aryl methyl sites for hydroxylation is 1. The molecule has 7 nitrogen and oxygen atoms in total. The van der Waals surface area contributed by atoms with Crippen LogP contribution in [0, 0.1) is 6.92 Å². The summed E-state index contributed by atoms with van der Waals surface area (Å²) in [6, 6.07) is 14.0. The predicted octanol–water partition coefficient (Wildman–Crippen LogP) is 5.09. The van der Waals surface area contributed by atoms with E-state index in [0.717, 1.165) is 27.8 Å². The number of fused-ring (bicyclic) bond motifs is 1. The van der Waals surface area contributed by atoms with E-state index in [-0.39, 0.29) is 21.8 Å². The zero-order chi connectivity index (χ0) is 24.7. The standard InChI is InChI=1S/C25H25N3O4S2/c1-15-6-8-17(19-12-13-33-27-19)18-9-10-20(26-23(15)18)24(29)28-34(30,31)22-14-16(25(2,3)4)7-11-21(22)32-5/h6-14H,1-5H3,(H,28,29). The lowest BCUT2D eigenvalue weighted by Gasteiger charge is -2.21. The molecule has 2 heterocycles. The van der Waals surface area contributed by atoms with E-state index in [2.05, 4.69) is 14.1 Å². The van der Waals surface area contributed by atoms with Gasteiger partial charge in [0, 0.05) is 16.3 Å². The first-order valence-electron chi connectivity index (χ1n) is 10.6. The van der Waals surface area contributed by atoms with Gasteiger partial charge in [0.1, 0.15) is 16.3 Å². The van der Waals surface area contributed by atoms with Crippen LogP contribution in [0.15, 0.2) is 58.8 Å². The molecule has 176 valence electrons. The summed E-state index contributed by atoms with van der Waals surface area (Å²) in [6.07, 6.45) is 0. The monoisotopic (exact) mass is 495 g/mol. The Morgan fingerprint density at radius 1 is 1.06 bits per heavy atom. The Hall–Kier alpha value is -3.30. The Balaban J connectivity index is 1.72. The third-order valence-electron chi connectivity index (χ3n) is 5.55. The third kappa shape index (κ3) is 4.53. The van der Waals surface area contributed by atoms with Crippen molar-refractivity contribution in [2.45, 2.75) is 38.0 Å². The van der Waals surface area contributed by atoms with Gasteiger partial charge in [0.2, 0.25) is 0 Å². The van der Waals surface area contributed by atoms with Gasteiger partial charge in [-0.3, -0.25) is 4.79 Å². The molecule has 0 aliphatic rings. The minimum absolute atomic E-state index is 0.000505. The van der Waals surface area contributed by atoms with E-state index in [0.29, 0.717) is 5.52 Å². The van der Waals surface area contributed by atoms with Crippen molar-refractivity contribution >= 4 is 38.4 Å². The van der Waals surface area contributed by atoms with Crippen molar-refractivity contribution in [2.24, 2.45) is 0 Å². The number of pyridine rings is 1. The summed E-state index contributed by atoms with van der Waals surface area (Å²) in [6.45, 7) is 7.82. The molecule has 4 aromatic rings. The molecule has 0 fully saturated rings. The van der Waals surface area contributed by atoms with Gasteiger partial charge < -0.3 is 4.74 Å². The lowest BCUT2D eigenvalue weighted by molar-refractivity contribution is 0.0977. The number of amides is 1. The predicted molar refractivity (Wildman–Crippen MR) is 134 cm³/mol. The first kappa shape index (κ1) is 23.8. The van der Waals surface area contributed by atoms with Gasteiger partial charge in [0.05, 0.1) is 18.3 Å². The molecule has 0 bridgehead atoms. The van der Waals surface area contributed by atoms with E-state index >= 15 is 0 Å². The van der Waals surface area contributed by atoms with Gasteiger partial charge >= 0.3 is 0 Å². The lowest BCUT2D eigenvalue weighted by atomic mass is 9.87. The first-order chi connectivity index (χ1) is 16.0. The van der Waals surface area contributed by atoms with Crippen molar-refractivity contribution in [3.8, 4) is 17.0 Å². The van der Waals surface area contributed by atoms with Gasteiger partial charge in [-0.2, -0.15) is 4.37 Å². The van der Waals surface area contributed by atoms with Crippen LogP contribution in [0.25, 0.3) is 22.2 Å². The molecule has 0 radical (unpaired) electrons. The average molecular weight is 496 g/mol. The van der Waals surface area contributed by atoms with Crippen LogP contribution in [0.3, 0.4) is 0 Å². The molecule has 0 saturated heterocycles. The molecule has 2 aromatic carbocycles. The van der Waals surface area contributed by atoms with Crippen LogP contribution >= 0.6 is 11.5 Å². The number of nitrogens with zero attached hydrogens (tertiary/aromatic N) is 2. The molecule has 34 heavy (non-hydrogen) atoms. The van der Waals surface area contributed by atoms with Crippen LogP contribution in [0.1, 0.15) is 42.4 Å². The molecular weight excluding hydrogens is 470 g/mol. The zero-order valence-corrected chi connectivity index (χ0v) is 21.2. The van der Waals surface area contributed by atoms with Crippen LogP contribution in [0.2, 0.25) is 0 Å². The van der Waals surface area contributed by atoms with E-state index < -0.39 is 15.9 Å². The second kappa shape index (κ2) is 8.81. The van der Waals surface area contributed by atoms with Gasteiger partial charge in [0.15, 0.2) is 0 Å². The lowest BCUT2D eigenvalue weighted by Crippen LogP contribution is -2.31. The number of aromatic nitrogens is 2. The smallest absolute Gasteiger partial charge is 0.283 e. The Bertz CT molecular complexity index is 1490. The molecule has 0 unspecified atom stereocenters. The first-order valence-corrected chi connectivity index (χ1v) is 12.9. The summed E-state index contributed by atoms with van der Waals surface area (Å²) in [7, 11) is -2.82. The topological polar surface area (TPSA) is 98.2 Å². The maximum atomic E-state index is 13.2. The zero-order valence-electron chi connectivity index (χ0n) is 19.5. The number of sulfonamides is 1. The fourth-order valence-electron chi connectivity index (χ4n) is 3.64. The summed E-state index contributed by atoms with van der Waals surface area (Å²) < 4.78 is 38.1. The second-order valence-corrected chi connectivity index (χ2v) is 11.3. The van der Waals surface area contributed by atoms with Gasteiger partial charge in [-0.25, -0.2) is 18.1 Å².